The summed E-state index contributed by atoms with van der Waals surface area (Å²) in [5.74, 6) is -2.11. The number of hydrogen-bond donors (Lipinski definition) is 2. The average molecular weight is 340 g/mol. The quantitative estimate of drug-likeness (QED) is 0.705. The number of nitrogens with zero attached hydrogens (tertiary/aromatic N) is 2. The monoisotopic (exact) mass is 340 g/mol. The SMILES string of the molecule is C[C@@H](O)[C@H]1C(=O)N2C(C(=O)O)=C(SC3CC(=O)N(C)C3)[C@H](C)[C@H]12. The highest BCUT2D eigenvalue weighted by Crippen LogP contribution is 2.51. The maximum atomic E-state index is 12.2. The van der Waals surface area contributed by atoms with Crippen LogP contribution in [0.1, 0.15) is 20.3 Å². The third-order valence-electron chi connectivity index (χ3n) is 4.91. The van der Waals surface area contributed by atoms with E-state index in [1.807, 2.05) is 6.92 Å². The molecule has 2 amide bonds. The lowest BCUT2D eigenvalue weighted by atomic mass is 9.79. The minimum atomic E-state index is -1.13. The van der Waals surface area contributed by atoms with Gasteiger partial charge in [-0.05, 0) is 6.92 Å². The van der Waals surface area contributed by atoms with Gasteiger partial charge in [0.15, 0.2) is 0 Å². The van der Waals surface area contributed by atoms with Crippen molar-refractivity contribution in [1.82, 2.24) is 9.80 Å². The Morgan fingerprint density at radius 3 is 2.52 bits per heavy atom. The van der Waals surface area contributed by atoms with Crippen LogP contribution in [0.5, 0.6) is 0 Å². The van der Waals surface area contributed by atoms with Gasteiger partial charge in [0.1, 0.15) is 5.70 Å². The van der Waals surface area contributed by atoms with Crippen molar-refractivity contribution in [3.63, 3.8) is 0 Å². The van der Waals surface area contributed by atoms with Crippen LogP contribution in [-0.2, 0) is 14.4 Å². The van der Waals surface area contributed by atoms with E-state index < -0.39 is 18.0 Å². The molecule has 7 nitrogen and oxygen atoms in total. The standard InChI is InChI=1S/C15H20N2O5S/c1-6-11-10(7(2)18)14(20)17(11)12(15(21)22)13(6)23-8-4-9(19)16(3)5-8/h6-8,10-11,18H,4-5H2,1-3H3,(H,21,22)/t6-,7-,8?,10-,11-/m1/s1. The van der Waals surface area contributed by atoms with Crippen LogP contribution in [-0.4, -0.2) is 68.8 Å². The number of aliphatic carboxylic acids is 1. The Balaban J connectivity index is 1.88. The summed E-state index contributed by atoms with van der Waals surface area (Å²) in [6.45, 7) is 4.02. The number of carboxylic acids is 1. The number of thioether (sulfide) groups is 1. The first-order chi connectivity index (χ1) is 10.7. The summed E-state index contributed by atoms with van der Waals surface area (Å²) in [6, 6.07) is -0.300. The molecule has 126 valence electrons. The van der Waals surface area contributed by atoms with Gasteiger partial charge in [-0.15, -0.1) is 11.8 Å². The molecule has 2 N–H and O–H groups in total. The van der Waals surface area contributed by atoms with Crippen molar-refractivity contribution in [3.8, 4) is 0 Å². The van der Waals surface area contributed by atoms with Gasteiger partial charge >= 0.3 is 5.97 Å². The smallest absolute Gasteiger partial charge is 0.353 e. The minimum absolute atomic E-state index is 0.00176. The van der Waals surface area contributed by atoms with Crippen molar-refractivity contribution in [1.29, 1.82) is 0 Å². The van der Waals surface area contributed by atoms with Crippen molar-refractivity contribution in [2.45, 2.75) is 37.7 Å². The Hall–Kier alpha value is -1.54. The Bertz CT molecular complexity index is 617. The minimum Gasteiger partial charge on any atom is -0.477 e. The van der Waals surface area contributed by atoms with E-state index in [4.69, 9.17) is 0 Å². The highest BCUT2D eigenvalue weighted by atomic mass is 32.2. The number of aliphatic hydroxyl groups excluding tert-OH is 1. The van der Waals surface area contributed by atoms with E-state index in [-0.39, 0.29) is 34.7 Å². The van der Waals surface area contributed by atoms with Crippen LogP contribution in [0.25, 0.3) is 0 Å². The van der Waals surface area contributed by atoms with Gasteiger partial charge in [-0.2, -0.15) is 0 Å². The molecular formula is C15H20N2O5S. The summed E-state index contributed by atoms with van der Waals surface area (Å²) in [4.78, 5) is 39.2. The molecule has 0 saturated carbocycles. The second-order valence-corrected chi connectivity index (χ2v) is 7.83. The van der Waals surface area contributed by atoms with Gasteiger partial charge in [0.2, 0.25) is 11.8 Å². The number of carbonyl (C=O) groups is 3. The molecule has 5 atom stereocenters. The topological polar surface area (TPSA) is 98.1 Å². The Morgan fingerprint density at radius 1 is 1.39 bits per heavy atom. The molecule has 0 aromatic heterocycles. The Kier molecular flexibility index (Phi) is 3.92. The van der Waals surface area contributed by atoms with Crippen LogP contribution in [0, 0.1) is 11.8 Å². The summed E-state index contributed by atoms with van der Waals surface area (Å²) < 4.78 is 0. The van der Waals surface area contributed by atoms with Crippen LogP contribution in [0.15, 0.2) is 10.6 Å². The zero-order valence-corrected chi connectivity index (χ0v) is 14.0. The number of rotatable bonds is 4. The number of hydrogen-bond acceptors (Lipinski definition) is 5. The number of fused-ring (bicyclic) bond motifs is 1. The molecule has 0 aliphatic carbocycles. The molecule has 0 spiro atoms. The van der Waals surface area contributed by atoms with Gasteiger partial charge in [-0.3, -0.25) is 9.59 Å². The summed E-state index contributed by atoms with van der Waals surface area (Å²) in [5, 5.41) is 19.3. The molecule has 8 heteroatoms. The van der Waals surface area contributed by atoms with Crippen LogP contribution < -0.4 is 0 Å². The van der Waals surface area contributed by atoms with Crippen LogP contribution in [0.2, 0.25) is 0 Å². The number of β-lactam (4-membered cyclic amide) rings is 1. The van der Waals surface area contributed by atoms with Gasteiger partial charge in [-0.25, -0.2) is 4.79 Å². The maximum Gasteiger partial charge on any atom is 0.353 e. The highest BCUT2D eigenvalue weighted by molar-refractivity contribution is 8.03. The lowest BCUT2D eigenvalue weighted by Crippen LogP contribution is -2.63. The molecule has 3 rings (SSSR count). The molecule has 1 unspecified atom stereocenters. The van der Waals surface area contributed by atoms with Gasteiger partial charge in [-0.1, -0.05) is 6.92 Å². The van der Waals surface area contributed by atoms with Gasteiger partial charge in [0.25, 0.3) is 0 Å². The Labute approximate surface area is 138 Å². The molecule has 3 heterocycles. The molecule has 3 aliphatic rings. The number of amides is 2. The van der Waals surface area contributed by atoms with E-state index in [0.717, 1.165) is 0 Å². The van der Waals surface area contributed by atoms with Gasteiger partial charge in [0, 0.05) is 36.1 Å². The lowest BCUT2D eigenvalue weighted by Gasteiger charge is -2.46. The van der Waals surface area contributed by atoms with Crippen molar-refractivity contribution >= 4 is 29.5 Å². The van der Waals surface area contributed by atoms with E-state index in [1.54, 1.807) is 18.9 Å². The second kappa shape index (κ2) is 5.52. The summed E-state index contributed by atoms with van der Waals surface area (Å²) in [5.41, 5.74) is 0.0244. The molecule has 2 fully saturated rings. The highest BCUT2D eigenvalue weighted by Gasteiger charge is 2.60. The van der Waals surface area contributed by atoms with Crippen molar-refractivity contribution in [2.75, 3.05) is 13.6 Å². The number of aliphatic hydroxyl groups is 1. The molecular weight excluding hydrogens is 320 g/mol. The fourth-order valence-corrected chi connectivity index (χ4v) is 5.29. The van der Waals surface area contributed by atoms with Crippen molar-refractivity contribution < 1.29 is 24.6 Å². The molecule has 23 heavy (non-hydrogen) atoms. The predicted molar refractivity (Wildman–Crippen MR) is 83.3 cm³/mol. The number of likely N-dealkylation sites (tertiary alicyclic amines) is 1. The van der Waals surface area contributed by atoms with Crippen LogP contribution >= 0.6 is 11.8 Å². The summed E-state index contributed by atoms with van der Waals surface area (Å²) >= 11 is 1.39. The van der Waals surface area contributed by atoms with Crippen LogP contribution in [0.3, 0.4) is 0 Å². The average Bonchev–Trinajstić information content (AvgIpc) is 2.87. The third kappa shape index (κ3) is 2.35. The van der Waals surface area contributed by atoms with Crippen molar-refractivity contribution in [3.05, 3.63) is 10.6 Å². The van der Waals surface area contributed by atoms with Crippen molar-refractivity contribution in [2.24, 2.45) is 11.8 Å². The lowest BCUT2D eigenvalue weighted by molar-refractivity contribution is -0.163. The Morgan fingerprint density at radius 2 is 2.04 bits per heavy atom. The van der Waals surface area contributed by atoms with Gasteiger partial charge in [0.05, 0.1) is 18.1 Å². The second-order valence-electron chi connectivity index (χ2n) is 6.49. The summed E-state index contributed by atoms with van der Waals surface area (Å²) in [6.07, 6.45) is -0.423. The van der Waals surface area contributed by atoms with E-state index in [9.17, 15) is 24.6 Å². The number of carbonyl (C=O) groups excluding carboxylic acids is 2. The predicted octanol–water partition coefficient (Wildman–Crippen LogP) is 0.104. The van der Waals surface area contributed by atoms with E-state index in [2.05, 4.69) is 0 Å². The first-order valence-corrected chi connectivity index (χ1v) is 8.51. The van der Waals surface area contributed by atoms with E-state index in [0.29, 0.717) is 17.9 Å². The van der Waals surface area contributed by atoms with E-state index in [1.165, 1.54) is 16.7 Å². The molecule has 3 aliphatic heterocycles. The fourth-order valence-electron chi connectivity index (χ4n) is 3.76. The van der Waals surface area contributed by atoms with E-state index >= 15 is 0 Å². The number of carboxylic acid groups (broad SMARTS) is 1. The zero-order valence-electron chi connectivity index (χ0n) is 13.2. The molecule has 0 radical (unpaired) electrons. The first kappa shape index (κ1) is 16.3. The molecule has 0 bridgehead atoms. The van der Waals surface area contributed by atoms with Gasteiger partial charge < -0.3 is 20.0 Å². The zero-order chi connectivity index (χ0) is 17.0. The summed E-state index contributed by atoms with van der Waals surface area (Å²) in [7, 11) is 1.73. The third-order valence-corrected chi connectivity index (χ3v) is 6.38. The first-order valence-electron chi connectivity index (χ1n) is 7.63. The molecule has 2 saturated heterocycles. The molecule has 0 aromatic carbocycles. The molecule has 0 aromatic rings. The largest absolute Gasteiger partial charge is 0.477 e. The normalized spacial score (nSPS) is 34.8. The fraction of sp³-hybridized carbons (Fsp3) is 0.667. The maximum absolute atomic E-state index is 12.2. The van der Waals surface area contributed by atoms with Crippen LogP contribution in [0.4, 0.5) is 0 Å².